The summed E-state index contributed by atoms with van der Waals surface area (Å²) in [5.41, 5.74) is -0.192. The minimum Gasteiger partial charge on any atom is -0.406 e. The van der Waals surface area contributed by atoms with E-state index in [1.807, 2.05) is 20.8 Å². The maximum atomic E-state index is 11.7. The van der Waals surface area contributed by atoms with Crippen LogP contribution in [0.15, 0.2) is 12.4 Å². The molecule has 0 aromatic carbocycles. The number of ether oxygens (including phenoxy) is 1. The van der Waals surface area contributed by atoms with Crippen LogP contribution in [-0.2, 0) is 5.54 Å². The Bertz CT molecular complexity index is 454. The van der Waals surface area contributed by atoms with E-state index in [1.54, 1.807) is 10.9 Å². The standard InChI is InChI=1S/C10H14Cl3N3O2S/c1-9(2,3)16-6-7(5-14-16)18-8(17)15(4)19-10(11,12)13/h5-6H,1-4H3. The lowest BCUT2D eigenvalue weighted by Crippen LogP contribution is -2.26. The molecule has 0 unspecified atom stereocenters. The predicted octanol–water partition coefficient (Wildman–Crippen LogP) is 4.04. The summed E-state index contributed by atoms with van der Waals surface area (Å²) in [6.07, 6.45) is 2.44. The number of carbonyl (C=O) groups excluding carboxylic acids is 1. The van der Waals surface area contributed by atoms with Crippen molar-refractivity contribution in [3.05, 3.63) is 12.4 Å². The van der Waals surface area contributed by atoms with Crippen molar-refractivity contribution in [1.29, 1.82) is 0 Å². The Balaban J connectivity index is 2.65. The van der Waals surface area contributed by atoms with E-state index in [1.165, 1.54) is 13.2 Å². The summed E-state index contributed by atoms with van der Waals surface area (Å²) in [6, 6.07) is 0. The Morgan fingerprint density at radius 1 is 1.42 bits per heavy atom. The minimum absolute atomic E-state index is 0.192. The molecule has 0 aliphatic rings. The molecule has 9 heteroatoms. The number of hydrogen-bond donors (Lipinski definition) is 0. The zero-order valence-corrected chi connectivity index (χ0v) is 13.9. The van der Waals surface area contributed by atoms with E-state index in [9.17, 15) is 4.79 Å². The summed E-state index contributed by atoms with van der Waals surface area (Å²) in [5.74, 6) is 0.330. The Kier molecular flexibility index (Phi) is 5.28. The van der Waals surface area contributed by atoms with Crippen molar-refractivity contribution in [3.8, 4) is 5.75 Å². The molecule has 0 aliphatic heterocycles. The number of hydrogen-bond acceptors (Lipinski definition) is 4. The highest BCUT2D eigenvalue weighted by molar-refractivity contribution is 8.03. The van der Waals surface area contributed by atoms with Gasteiger partial charge in [0.2, 0.25) is 0 Å². The van der Waals surface area contributed by atoms with Gasteiger partial charge in [-0.3, -0.25) is 8.99 Å². The van der Waals surface area contributed by atoms with Crippen molar-refractivity contribution < 1.29 is 9.53 Å². The first-order chi connectivity index (χ1) is 8.49. The van der Waals surface area contributed by atoms with Crippen LogP contribution < -0.4 is 4.74 Å². The van der Waals surface area contributed by atoms with Gasteiger partial charge in [-0.05, 0) is 20.8 Å². The zero-order chi connectivity index (χ0) is 14.8. The van der Waals surface area contributed by atoms with Crippen LogP contribution in [0.3, 0.4) is 0 Å². The van der Waals surface area contributed by atoms with Gasteiger partial charge in [-0.1, -0.05) is 34.8 Å². The SMILES string of the molecule is CN(SC(Cl)(Cl)Cl)C(=O)Oc1cnn(C(C)(C)C)c1. The highest BCUT2D eigenvalue weighted by Crippen LogP contribution is 2.40. The lowest BCUT2D eigenvalue weighted by Gasteiger charge is -2.19. The molecule has 0 spiro atoms. The summed E-state index contributed by atoms with van der Waals surface area (Å²) in [6.45, 7) is 5.95. The summed E-state index contributed by atoms with van der Waals surface area (Å²) in [5, 5.41) is 4.11. The molecule has 0 radical (unpaired) electrons. The van der Waals surface area contributed by atoms with E-state index < -0.39 is 9.22 Å². The average molecular weight is 347 g/mol. The van der Waals surface area contributed by atoms with Crippen molar-refractivity contribution in [3.63, 3.8) is 0 Å². The van der Waals surface area contributed by atoms with Gasteiger partial charge in [0.1, 0.15) is 0 Å². The Morgan fingerprint density at radius 2 is 2.00 bits per heavy atom. The molecule has 0 bridgehead atoms. The number of aromatic nitrogens is 2. The van der Waals surface area contributed by atoms with Crippen LogP contribution in [0.2, 0.25) is 0 Å². The van der Waals surface area contributed by atoms with Crippen LogP contribution in [0.4, 0.5) is 4.79 Å². The molecule has 1 rings (SSSR count). The molecular weight excluding hydrogens is 333 g/mol. The molecule has 0 fully saturated rings. The van der Waals surface area contributed by atoms with E-state index in [0.717, 1.165) is 16.3 Å². The minimum atomic E-state index is -1.62. The number of rotatable bonds is 2. The smallest absolute Gasteiger partial charge is 0.406 e. The highest BCUT2D eigenvalue weighted by atomic mass is 35.6. The molecule has 0 atom stereocenters. The van der Waals surface area contributed by atoms with Gasteiger partial charge in [0.25, 0.3) is 3.12 Å². The van der Waals surface area contributed by atoms with Gasteiger partial charge in [-0.2, -0.15) is 5.10 Å². The third kappa shape index (κ3) is 5.69. The summed E-state index contributed by atoms with van der Waals surface area (Å²) in [7, 11) is 1.45. The van der Waals surface area contributed by atoms with E-state index in [2.05, 4.69) is 5.10 Å². The van der Waals surface area contributed by atoms with Crippen molar-refractivity contribution >= 4 is 52.8 Å². The number of halogens is 3. The van der Waals surface area contributed by atoms with E-state index in [-0.39, 0.29) is 5.54 Å². The van der Waals surface area contributed by atoms with Gasteiger partial charge in [-0.25, -0.2) is 4.79 Å². The van der Waals surface area contributed by atoms with E-state index in [4.69, 9.17) is 39.5 Å². The molecule has 0 N–H and O–H groups in total. The first-order valence-corrected chi connectivity index (χ1v) is 7.16. The Hall–Kier alpha value is -0.300. The van der Waals surface area contributed by atoms with Gasteiger partial charge < -0.3 is 4.74 Å². The fourth-order valence-corrected chi connectivity index (χ4v) is 2.44. The molecule has 0 saturated heterocycles. The maximum Gasteiger partial charge on any atom is 0.425 e. The number of nitrogens with zero attached hydrogens (tertiary/aromatic N) is 3. The number of carbonyl (C=O) groups is 1. The molecule has 1 aromatic rings. The van der Waals surface area contributed by atoms with Crippen LogP contribution in [-0.4, -0.2) is 30.4 Å². The van der Waals surface area contributed by atoms with Crippen molar-refractivity contribution in [2.75, 3.05) is 7.05 Å². The number of alkyl halides is 3. The second kappa shape index (κ2) is 5.99. The molecule has 19 heavy (non-hydrogen) atoms. The molecule has 1 amide bonds. The van der Waals surface area contributed by atoms with Gasteiger partial charge >= 0.3 is 6.09 Å². The zero-order valence-electron chi connectivity index (χ0n) is 10.9. The fourth-order valence-electron chi connectivity index (χ4n) is 1.08. The molecule has 1 aromatic heterocycles. The van der Waals surface area contributed by atoms with E-state index >= 15 is 0 Å². The third-order valence-electron chi connectivity index (χ3n) is 1.95. The Morgan fingerprint density at radius 3 is 2.42 bits per heavy atom. The van der Waals surface area contributed by atoms with Crippen LogP contribution in [0.25, 0.3) is 0 Å². The third-order valence-corrected chi connectivity index (χ3v) is 3.20. The molecule has 5 nitrogen and oxygen atoms in total. The normalized spacial score (nSPS) is 12.4. The molecule has 0 saturated carbocycles. The highest BCUT2D eigenvalue weighted by Gasteiger charge is 2.27. The Labute approximate surface area is 131 Å². The number of amides is 1. The molecule has 0 aliphatic carbocycles. The lowest BCUT2D eigenvalue weighted by molar-refractivity contribution is 0.187. The summed E-state index contributed by atoms with van der Waals surface area (Å²) < 4.78 is 6.27. The summed E-state index contributed by atoms with van der Waals surface area (Å²) >= 11 is 17.4. The van der Waals surface area contributed by atoms with Crippen LogP contribution in [0.1, 0.15) is 20.8 Å². The second-order valence-electron chi connectivity index (χ2n) is 4.69. The first kappa shape index (κ1) is 16.8. The second-order valence-corrected chi connectivity index (χ2v) is 8.99. The average Bonchev–Trinajstić information content (AvgIpc) is 2.62. The monoisotopic (exact) mass is 345 g/mol. The van der Waals surface area contributed by atoms with Crippen LogP contribution in [0.5, 0.6) is 5.75 Å². The lowest BCUT2D eigenvalue weighted by atomic mass is 10.1. The van der Waals surface area contributed by atoms with Gasteiger partial charge in [-0.15, -0.1) is 0 Å². The quantitative estimate of drug-likeness (QED) is 0.599. The molecule has 108 valence electrons. The van der Waals surface area contributed by atoms with Gasteiger partial charge in [0, 0.05) is 19.0 Å². The van der Waals surface area contributed by atoms with Crippen molar-refractivity contribution in [1.82, 2.24) is 14.1 Å². The summed E-state index contributed by atoms with van der Waals surface area (Å²) in [4.78, 5) is 11.7. The largest absolute Gasteiger partial charge is 0.425 e. The predicted molar refractivity (Wildman–Crippen MR) is 78.9 cm³/mol. The first-order valence-electron chi connectivity index (χ1n) is 5.25. The van der Waals surface area contributed by atoms with E-state index in [0.29, 0.717) is 5.75 Å². The van der Waals surface area contributed by atoms with Crippen LogP contribution in [0, 0.1) is 0 Å². The molecular formula is C10H14Cl3N3O2S. The molecule has 1 heterocycles. The fraction of sp³-hybridized carbons (Fsp3) is 0.600. The maximum absolute atomic E-state index is 11.7. The van der Waals surface area contributed by atoms with Crippen LogP contribution >= 0.6 is 46.8 Å². The van der Waals surface area contributed by atoms with Gasteiger partial charge in [0.05, 0.1) is 17.9 Å². The topological polar surface area (TPSA) is 47.4 Å². The van der Waals surface area contributed by atoms with Crippen molar-refractivity contribution in [2.24, 2.45) is 0 Å². The van der Waals surface area contributed by atoms with Gasteiger partial charge in [0.15, 0.2) is 5.75 Å². The van der Waals surface area contributed by atoms with Crippen molar-refractivity contribution in [2.45, 2.75) is 29.4 Å².